The maximum Gasteiger partial charge on any atom is 0.393 e. The van der Waals surface area contributed by atoms with Crippen LogP contribution in [0.5, 0.6) is 0 Å². The van der Waals surface area contributed by atoms with Gasteiger partial charge in [-0.1, -0.05) is 0 Å². The van der Waals surface area contributed by atoms with Crippen molar-refractivity contribution in [2.24, 2.45) is 11.7 Å². The lowest BCUT2D eigenvalue weighted by Crippen LogP contribution is -2.42. The van der Waals surface area contributed by atoms with Crippen LogP contribution in [0.15, 0.2) is 12.1 Å². The average Bonchev–Trinajstić information content (AvgIpc) is 2.40. The minimum atomic E-state index is -4.19. The number of benzene rings is 1. The molecule has 1 aromatic carbocycles. The van der Waals surface area contributed by atoms with Crippen molar-refractivity contribution in [2.75, 3.05) is 18.0 Å². The Morgan fingerprint density at radius 2 is 2.00 bits per heavy atom. The fourth-order valence-corrected chi connectivity index (χ4v) is 2.78. The third-order valence-electron chi connectivity index (χ3n) is 4.02. The molecule has 0 spiro atoms. The Morgan fingerprint density at radius 1 is 1.33 bits per heavy atom. The van der Waals surface area contributed by atoms with Crippen molar-refractivity contribution in [1.29, 1.82) is 0 Å². The van der Waals surface area contributed by atoms with E-state index in [0.717, 1.165) is 0 Å². The first-order chi connectivity index (χ1) is 9.70. The molecule has 2 atom stereocenters. The summed E-state index contributed by atoms with van der Waals surface area (Å²) in [6.07, 6.45) is -3.57. The van der Waals surface area contributed by atoms with E-state index in [0.29, 0.717) is 29.8 Å². The van der Waals surface area contributed by atoms with Crippen LogP contribution >= 0.6 is 0 Å². The lowest BCUT2D eigenvalue weighted by molar-refractivity contribution is -0.176. The first-order valence-electron chi connectivity index (χ1n) is 7.07. The second-order valence-electron chi connectivity index (χ2n) is 5.78. The zero-order valence-corrected chi connectivity index (χ0v) is 12.2. The molecule has 6 heteroatoms. The third-order valence-corrected chi connectivity index (χ3v) is 4.02. The van der Waals surface area contributed by atoms with Crippen molar-refractivity contribution >= 4 is 5.69 Å². The summed E-state index contributed by atoms with van der Waals surface area (Å²) < 4.78 is 52.5. The minimum absolute atomic E-state index is 0.0890. The molecule has 0 saturated carbocycles. The van der Waals surface area contributed by atoms with Crippen LogP contribution in [0.3, 0.4) is 0 Å². The van der Waals surface area contributed by atoms with Gasteiger partial charge in [0, 0.05) is 24.8 Å². The molecule has 0 radical (unpaired) electrons. The Morgan fingerprint density at radius 3 is 2.57 bits per heavy atom. The lowest BCUT2D eigenvalue weighted by Gasteiger charge is -2.37. The maximum atomic E-state index is 13.7. The number of hydrogen-bond acceptors (Lipinski definition) is 2. The molecule has 0 bridgehead atoms. The zero-order valence-electron chi connectivity index (χ0n) is 12.2. The lowest BCUT2D eigenvalue weighted by atomic mass is 9.95. The molecule has 1 aliphatic rings. The van der Waals surface area contributed by atoms with Gasteiger partial charge in [-0.3, -0.25) is 0 Å². The van der Waals surface area contributed by atoms with Crippen molar-refractivity contribution in [2.45, 2.75) is 38.9 Å². The van der Waals surface area contributed by atoms with Gasteiger partial charge in [-0.25, -0.2) is 4.39 Å². The van der Waals surface area contributed by atoms with Gasteiger partial charge in [0.2, 0.25) is 0 Å². The van der Waals surface area contributed by atoms with Gasteiger partial charge in [-0.2, -0.15) is 13.2 Å². The number of halogens is 4. The highest BCUT2D eigenvalue weighted by molar-refractivity contribution is 5.57. The number of piperidine rings is 1. The molecule has 2 rings (SSSR count). The Balaban J connectivity index is 2.34. The highest BCUT2D eigenvalue weighted by atomic mass is 19.4. The first-order valence-corrected chi connectivity index (χ1v) is 7.07. The number of alkyl halides is 3. The molecule has 2 nitrogen and oxygen atoms in total. The maximum absolute atomic E-state index is 13.7. The van der Waals surface area contributed by atoms with Crippen molar-refractivity contribution in [1.82, 2.24) is 0 Å². The zero-order chi connectivity index (χ0) is 15.8. The third kappa shape index (κ3) is 3.48. The fourth-order valence-electron chi connectivity index (χ4n) is 2.78. The van der Waals surface area contributed by atoms with Crippen molar-refractivity contribution in [3.8, 4) is 0 Å². The standard InChI is InChI=1S/C15H20F4N2/c1-9-6-14(12(10(2)20)7-13(9)16)21-5-3-4-11(8-21)15(17,18)19/h6-7,10-11H,3-5,8,20H2,1-2H3/t10-,11?/m1/s1. The van der Waals surface area contributed by atoms with E-state index in [1.54, 1.807) is 24.8 Å². The van der Waals surface area contributed by atoms with E-state index >= 15 is 0 Å². The molecule has 21 heavy (non-hydrogen) atoms. The summed E-state index contributed by atoms with van der Waals surface area (Å²) in [4.78, 5) is 1.69. The summed E-state index contributed by atoms with van der Waals surface area (Å²) in [6, 6.07) is 2.51. The van der Waals surface area contributed by atoms with Gasteiger partial charge >= 0.3 is 6.18 Å². The number of anilines is 1. The van der Waals surface area contributed by atoms with Crippen molar-refractivity contribution in [3.05, 3.63) is 29.1 Å². The van der Waals surface area contributed by atoms with Crippen LogP contribution in [-0.2, 0) is 0 Å². The van der Waals surface area contributed by atoms with Crippen LogP contribution in [0.2, 0.25) is 0 Å². The van der Waals surface area contributed by atoms with Gasteiger partial charge in [0.05, 0.1) is 5.92 Å². The summed E-state index contributed by atoms with van der Waals surface area (Å²) in [5.41, 5.74) is 7.44. The second kappa shape index (κ2) is 5.83. The van der Waals surface area contributed by atoms with Crippen molar-refractivity contribution in [3.63, 3.8) is 0 Å². The molecule has 1 aromatic rings. The van der Waals surface area contributed by atoms with Crippen LogP contribution in [0.1, 0.15) is 36.9 Å². The summed E-state index contributed by atoms with van der Waals surface area (Å²) >= 11 is 0. The highest BCUT2D eigenvalue weighted by Crippen LogP contribution is 2.37. The Hall–Kier alpha value is -1.30. The topological polar surface area (TPSA) is 29.3 Å². The molecule has 2 N–H and O–H groups in total. The predicted molar refractivity (Wildman–Crippen MR) is 74.7 cm³/mol. The van der Waals surface area contributed by atoms with Gasteiger partial charge < -0.3 is 10.6 Å². The molecule has 118 valence electrons. The molecule has 1 fully saturated rings. The summed E-state index contributed by atoms with van der Waals surface area (Å²) in [5, 5.41) is 0. The summed E-state index contributed by atoms with van der Waals surface area (Å²) in [7, 11) is 0. The molecular formula is C15H20F4N2. The first kappa shape index (κ1) is 16.1. The van der Waals surface area contributed by atoms with E-state index in [1.165, 1.54) is 6.07 Å². The quantitative estimate of drug-likeness (QED) is 0.839. The van der Waals surface area contributed by atoms with E-state index in [2.05, 4.69) is 0 Å². The molecule has 0 amide bonds. The number of aryl methyl sites for hydroxylation is 1. The Labute approximate surface area is 121 Å². The van der Waals surface area contributed by atoms with Gasteiger partial charge in [0.1, 0.15) is 5.82 Å². The van der Waals surface area contributed by atoms with Gasteiger partial charge in [0.25, 0.3) is 0 Å². The predicted octanol–water partition coefficient (Wildman–Crippen LogP) is 3.93. The number of rotatable bonds is 2. The van der Waals surface area contributed by atoms with Crippen LogP contribution in [0, 0.1) is 18.7 Å². The smallest absolute Gasteiger partial charge is 0.371 e. The minimum Gasteiger partial charge on any atom is -0.371 e. The monoisotopic (exact) mass is 304 g/mol. The van der Waals surface area contributed by atoms with Crippen LogP contribution in [0.25, 0.3) is 0 Å². The Bertz CT molecular complexity index is 511. The second-order valence-corrected chi connectivity index (χ2v) is 5.78. The molecule has 0 aromatic heterocycles. The number of nitrogens with zero attached hydrogens (tertiary/aromatic N) is 1. The Kier molecular flexibility index (Phi) is 4.46. The SMILES string of the molecule is Cc1cc(N2CCCC(C(F)(F)F)C2)c([C@@H](C)N)cc1F. The molecule has 1 heterocycles. The van der Waals surface area contributed by atoms with Crippen LogP contribution < -0.4 is 10.6 Å². The highest BCUT2D eigenvalue weighted by Gasteiger charge is 2.42. The van der Waals surface area contributed by atoms with E-state index in [-0.39, 0.29) is 18.8 Å². The van der Waals surface area contributed by atoms with Crippen molar-refractivity contribution < 1.29 is 17.6 Å². The average molecular weight is 304 g/mol. The van der Waals surface area contributed by atoms with E-state index in [9.17, 15) is 17.6 Å². The normalized spacial score (nSPS) is 21.5. The fraction of sp³-hybridized carbons (Fsp3) is 0.600. The molecule has 1 unspecified atom stereocenters. The van der Waals surface area contributed by atoms with E-state index < -0.39 is 18.1 Å². The van der Waals surface area contributed by atoms with E-state index in [4.69, 9.17) is 5.73 Å². The van der Waals surface area contributed by atoms with Gasteiger partial charge in [-0.15, -0.1) is 0 Å². The van der Waals surface area contributed by atoms with Gasteiger partial charge in [-0.05, 0) is 49.9 Å². The largest absolute Gasteiger partial charge is 0.393 e. The molecule has 1 saturated heterocycles. The molecule has 0 aliphatic carbocycles. The molecular weight excluding hydrogens is 284 g/mol. The van der Waals surface area contributed by atoms with E-state index in [1.807, 2.05) is 0 Å². The summed E-state index contributed by atoms with van der Waals surface area (Å²) in [5.74, 6) is -1.71. The van der Waals surface area contributed by atoms with Crippen LogP contribution in [0.4, 0.5) is 23.2 Å². The summed E-state index contributed by atoms with van der Waals surface area (Å²) in [6.45, 7) is 3.76. The molecule has 1 aliphatic heterocycles. The van der Waals surface area contributed by atoms with Crippen LogP contribution in [-0.4, -0.2) is 19.3 Å². The number of nitrogens with two attached hydrogens (primary N) is 1. The number of hydrogen-bond donors (Lipinski definition) is 1. The van der Waals surface area contributed by atoms with Gasteiger partial charge in [0.15, 0.2) is 0 Å².